The third-order valence-corrected chi connectivity index (χ3v) is 1.30. The lowest BCUT2D eigenvalue weighted by atomic mass is 10.3. The second kappa shape index (κ2) is 4.14. The summed E-state index contributed by atoms with van der Waals surface area (Å²) in [5, 5.41) is 7.95. The van der Waals surface area contributed by atoms with E-state index in [1.165, 1.54) is 0 Å². The number of aliphatic hydroxyl groups is 1. The molecular weight excluding hydrogens is 136 g/mol. The van der Waals surface area contributed by atoms with Gasteiger partial charge in [0.05, 0.1) is 0 Å². The van der Waals surface area contributed by atoms with E-state index in [1.807, 2.05) is 13.8 Å². The Morgan fingerprint density at radius 2 is 2.11 bits per heavy atom. The second-order valence-electron chi connectivity index (χ2n) is 1.93. The Labute approximate surface area is 61.6 Å². The predicted molar refractivity (Wildman–Crippen MR) is 40.5 cm³/mol. The maximum absolute atomic E-state index is 9.16. The molecule has 9 heavy (non-hydrogen) atoms. The predicted octanol–water partition coefficient (Wildman–Crippen LogP) is 1.40. The molecule has 0 bridgehead atoms. The fraction of sp³-hybridized carbons (Fsp3) is 1.00. The van der Waals surface area contributed by atoms with Crippen molar-refractivity contribution in [3.63, 3.8) is 0 Å². The van der Waals surface area contributed by atoms with Crippen molar-refractivity contribution in [2.75, 3.05) is 6.61 Å². The van der Waals surface area contributed by atoms with E-state index in [4.69, 9.17) is 9.84 Å². The van der Waals surface area contributed by atoms with E-state index >= 15 is 0 Å². The Morgan fingerprint density at radius 1 is 1.56 bits per heavy atom. The minimum atomic E-state index is -1.20. The highest BCUT2D eigenvalue weighted by molar-refractivity contribution is 7.81. The standard InChI is InChI=1S/C6H14O2S/c1-3-5-6(7,9)8-4-2/h7,9H,3-5H2,1-2H3/t6-/m1/s1. The Morgan fingerprint density at radius 3 is 2.44 bits per heavy atom. The first kappa shape index (κ1) is 9.27. The molecule has 0 unspecified atom stereocenters. The first-order valence-corrected chi connectivity index (χ1v) is 3.65. The molecule has 0 rings (SSSR count). The first-order chi connectivity index (χ1) is 4.12. The smallest absolute Gasteiger partial charge is 0.212 e. The number of hydrogen-bond acceptors (Lipinski definition) is 3. The van der Waals surface area contributed by atoms with E-state index in [0.29, 0.717) is 13.0 Å². The van der Waals surface area contributed by atoms with Gasteiger partial charge in [-0.15, -0.1) is 12.6 Å². The lowest BCUT2D eigenvalue weighted by molar-refractivity contribution is -0.129. The number of ether oxygens (including phenoxy) is 1. The molecule has 2 nitrogen and oxygen atoms in total. The van der Waals surface area contributed by atoms with Gasteiger partial charge in [-0.3, -0.25) is 0 Å². The number of thiol groups is 1. The molecule has 1 atom stereocenters. The van der Waals surface area contributed by atoms with Crippen LogP contribution in [0.25, 0.3) is 0 Å². The molecule has 0 saturated heterocycles. The summed E-state index contributed by atoms with van der Waals surface area (Å²) >= 11 is 3.88. The minimum Gasteiger partial charge on any atom is -0.357 e. The largest absolute Gasteiger partial charge is 0.357 e. The van der Waals surface area contributed by atoms with Crippen molar-refractivity contribution in [2.45, 2.75) is 31.8 Å². The van der Waals surface area contributed by atoms with Crippen LogP contribution < -0.4 is 0 Å². The maximum atomic E-state index is 9.16. The minimum absolute atomic E-state index is 0.500. The SMILES string of the molecule is CCC[C@](O)(S)OCC. The van der Waals surface area contributed by atoms with Crippen LogP contribution in [0.3, 0.4) is 0 Å². The average molecular weight is 150 g/mol. The van der Waals surface area contributed by atoms with Crippen molar-refractivity contribution in [1.29, 1.82) is 0 Å². The van der Waals surface area contributed by atoms with Crippen LogP contribution in [0.2, 0.25) is 0 Å². The van der Waals surface area contributed by atoms with Gasteiger partial charge in [0, 0.05) is 13.0 Å². The molecule has 3 heteroatoms. The summed E-state index contributed by atoms with van der Waals surface area (Å²) in [6, 6.07) is 0. The molecule has 0 aliphatic heterocycles. The molecule has 0 aromatic carbocycles. The summed E-state index contributed by atoms with van der Waals surface area (Å²) in [6.07, 6.45) is 1.45. The third-order valence-electron chi connectivity index (χ3n) is 0.951. The summed E-state index contributed by atoms with van der Waals surface area (Å²) in [6.45, 7) is 4.30. The molecule has 0 fully saturated rings. The van der Waals surface area contributed by atoms with Crippen LogP contribution in [0, 0.1) is 0 Å². The molecule has 56 valence electrons. The van der Waals surface area contributed by atoms with Gasteiger partial charge in [-0.1, -0.05) is 13.3 Å². The van der Waals surface area contributed by atoms with Crippen LogP contribution >= 0.6 is 12.6 Å². The van der Waals surface area contributed by atoms with Gasteiger partial charge in [-0.2, -0.15) is 0 Å². The lowest BCUT2D eigenvalue weighted by Crippen LogP contribution is -2.24. The molecule has 0 heterocycles. The monoisotopic (exact) mass is 150 g/mol. The van der Waals surface area contributed by atoms with Gasteiger partial charge in [-0.05, 0) is 6.92 Å². The van der Waals surface area contributed by atoms with Crippen molar-refractivity contribution >= 4 is 12.6 Å². The van der Waals surface area contributed by atoms with Crippen molar-refractivity contribution in [3.8, 4) is 0 Å². The van der Waals surface area contributed by atoms with Gasteiger partial charge in [0.2, 0.25) is 5.12 Å². The van der Waals surface area contributed by atoms with Gasteiger partial charge in [0.1, 0.15) is 0 Å². The molecule has 0 aliphatic carbocycles. The molecule has 0 aliphatic rings. The van der Waals surface area contributed by atoms with Gasteiger partial charge in [0.25, 0.3) is 0 Å². The summed E-state index contributed by atoms with van der Waals surface area (Å²) in [5.41, 5.74) is 0. The first-order valence-electron chi connectivity index (χ1n) is 3.21. The summed E-state index contributed by atoms with van der Waals surface area (Å²) in [7, 11) is 0. The molecule has 0 saturated carbocycles. The molecule has 0 radical (unpaired) electrons. The second-order valence-corrected chi connectivity index (χ2v) is 2.62. The van der Waals surface area contributed by atoms with E-state index in [1.54, 1.807) is 0 Å². The highest BCUT2D eigenvalue weighted by Gasteiger charge is 2.18. The van der Waals surface area contributed by atoms with Crippen LogP contribution in [-0.2, 0) is 4.74 Å². The van der Waals surface area contributed by atoms with Gasteiger partial charge >= 0.3 is 0 Å². The van der Waals surface area contributed by atoms with Crippen LogP contribution in [0.4, 0.5) is 0 Å². The van der Waals surface area contributed by atoms with Crippen LogP contribution in [0.15, 0.2) is 0 Å². The summed E-state index contributed by atoms with van der Waals surface area (Å²) < 4.78 is 4.89. The molecule has 1 N–H and O–H groups in total. The lowest BCUT2D eigenvalue weighted by Gasteiger charge is -2.20. The average Bonchev–Trinajstić information content (AvgIpc) is 1.64. The zero-order valence-electron chi connectivity index (χ0n) is 5.92. The van der Waals surface area contributed by atoms with Crippen molar-refractivity contribution in [1.82, 2.24) is 0 Å². The Bertz CT molecular complexity index is 65.5. The van der Waals surface area contributed by atoms with E-state index < -0.39 is 5.12 Å². The van der Waals surface area contributed by atoms with Crippen LogP contribution in [0.5, 0.6) is 0 Å². The Hall–Kier alpha value is 0.270. The van der Waals surface area contributed by atoms with Gasteiger partial charge < -0.3 is 9.84 Å². The van der Waals surface area contributed by atoms with E-state index in [2.05, 4.69) is 12.6 Å². The molecule has 0 aromatic heterocycles. The maximum Gasteiger partial charge on any atom is 0.212 e. The summed E-state index contributed by atoms with van der Waals surface area (Å²) in [5.74, 6) is 0. The molecule has 0 aromatic rings. The van der Waals surface area contributed by atoms with Gasteiger partial charge in [0.15, 0.2) is 0 Å². The van der Waals surface area contributed by atoms with Crippen molar-refractivity contribution in [2.24, 2.45) is 0 Å². The van der Waals surface area contributed by atoms with E-state index in [9.17, 15) is 0 Å². The molecular formula is C6H14O2S. The fourth-order valence-corrected chi connectivity index (χ4v) is 0.982. The van der Waals surface area contributed by atoms with Crippen LogP contribution in [-0.4, -0.2) is 16.8 Å². The van der Waals surface area contributed by atoms with E-state index in [-0.39, 0.29) is 0 Å². The summed E-state index contributed by atoms with van der Waals surface area (Å²) in [4.78, 5) is 0. The normalized spacial score (nSPS) is 17.3. The Balaban J connectivity index is 3.43. The highest BCUT2D eigenvalue weighted by atomic mass is 32.1. The van der Waals surface area contributed by atoms with Gasteiger partial charge in [-0.25, -0.2) is 0 Å². The number of rotatable bonds is 4. The van der Waals surface area contributed by atoms with E-state index in [0.717, 1.165) is 6.42 Å². The number of hydrogen-bond donors (Lipinski definition) is 2. The topological polar surface area (TPSA) is 29.5 Å². The van der Waals surface area contributed by atoms with Crippen molar-refractivity contribution < 1.29 is 9.84 Å². The zero-order valence-corrected chi connectivity index (χ0v) is 6.82. The molecule has 0 spiro atoms. The zero-order chi connectivity index (χ0) is 7.33. The Kier molecular flexibility index (Phi) is 4.27. The fourth-order valence-electron chi connectivity index (χ4n) is 0.629. The highest BCUT2D eigenvalue weighted by Crippen LogP contribution is 2.18. The molecule has 0 amide bonds. The quantitative estimate of drug-likeness (QED) is 0.468. The van der Waals surface area contributed by atoms with Crippen LogP contribution in [0.1, 0.15) is 26.7 Å². The third kappa shape index (κ3) is 4.75. The van der Waals surface area contributed by atoms with Crippen molar-refractivity contribution in [3.05, 3.63) is 0 Å².